The number of benzene rings is 2. The van der Waals surface area contributed by atoms with Crippen molar-refractivity contribution < 1.29 is 36.9 Å². The highest BCUT2D eigenvalue weighted by Gasteiger charge is 2.35. The molecule has 0 saturated carbocycles. The smallest absolute Gasteiger partial charge is 0.445 e. The maximum Gasteiger partial charge on any atom is 0.445 e. The van der Waals surface area contributed by atoms with E-state index in [0.29, 0.717) is 36.9 Å². The predicted octanol–water partition coefficient (Wildman–Crippen LogP) is 4.89. The summed E-state index contributed by atoms with van der Waals surface area (Å²) in [5.74, 6) is 0.598. The Bertz CT molecular complexity index is 1300. The van der Waals surface area contributed by atoms with E-state index in [1.807, 2.05) is 31.2 Å². The fraction of sp³-hybridized carbons (Fsp3) is 0.280. The van der Waals surface area contributed by atoms with Gasteiger partial charge in [0.2, 0.25) is 10.1 Å². The van der Waals surface area contributed by atoms with Crippen LogP contribution in [-0.4, -0.2) is 49.6 Å². The van der Waals surface area contributed by atoms with E-state index in [0.717, 1.165) is 11.3 Å². The Morgan fingerprint density at radius 1 is 1.05 bits per heavy atom. The Kier molecular flexibility index (Phi) is 10.0. The first-order chi connectivity index (χ1) is 18.2. The van der Waals surface area contributed by atoms with E-state index in [1.54, 1.807) is 24.3 Å². The molecule has 2 aromatic carbocycles. The number of halogens is 3. The molecule has 13 heteroatoms. The number of rotatable bonds is 12. The summed E-state index contributed by atoms with van der Waals surface area (Å²) in [6, 6.07) is 14.2. The first kappa shape index (κ1) is 28.4. The molecule has 0 saturated heterocycles. The summed E-state index contributed by atoms with van der Waals surface area (Å²) >= 11 is 0.154. The molecule has 1 aromatic heterocycles. The van der Waals surface area contributed by atoms with Crippen LogP contribution in [0.15, 0.2) is 48.0 Å². The van der Waals surface area contributed by atoms with Crippen LogP contribution < -0.4 is 19.5 Å². The van der Waals surface area contributed by atoms with E-state index in [-0.39, 0.29) is 28.6 Å². The molecule has 1 N–H and O–H groups in total. The molecule has 38 heavy (non-hydrogen) atoms. The Hall–Kier alpha value is -4.15. The molecule has 3 rings (SSSR count). The summed E-state index contributed by atoms with van der Waals surface area (Å²) in [6.45, 7) is 3.32. The monoisotopic (exact) mass is 548 g/mol. The van der Waals surface area contributed by atoms with Gasteiger partial charge >= 0.3 is 6.18 Å². The van der Waals surface area contributed by atoms with Crippen molar-refractivity contribution in [2.75, 3.05) is 38.9 Å². The Morgan fingerprint density at radius 3 is 2.39 bits per heavy atom. The first-order valence-corrected chi connectivity index (χ1v) is 11.9. The van der Waals surface area contributed by atoms with E-state index in [2.05, 4.69) is 15.5 Å². The quantitative estimate of drug-likeness (QED) is 0.193. The fourth-order valence-corrected chi connectivity index (χ4v) is 3.53. The lowest BCUT2D eigenvalue weighted by atomic mass is 10.1. The number of carbonyl (C=O) groups is 1. The van der Waals surface area contributed by atoms with E-state index >= 15 is 0 Å². The van der Waals surface area contributed by atoms with Crippen LogP contribution in [0.5, 0.6) is 17.2 Å². The number of aromatic nitrogens is 2. The number of methoxy groups -OCH3 is 1. The molecule has 0 fully saturated rings. The highest BCUT2D eigenvalue weighted by Crippen LogP contribution is 2.33. The number of carbonyl (C=O) groups excluding carboxylic acids is 1. The van der Waals surface area contributed by atoms with Gasteiger partial charge in [0, 0.05) is 0 Å². The number of nitrogens with zero attached hydrogens (tertiary/aromatic N) is 3. The second-order valence-electron chi connectivity index (χ2n) is 7.57. The lowest BCUT2D eigenvalue weighted by Gasteiger charge is -2.12. The van der Waals surface area contributed by atoms with Crippen molar-refractivity contribution in [1.29, 1.82) is 5.26 Å². The third-order valence-electron chi connectivity index (χ3n) is 4.75. The van der Waals surface area contributed by atoms with Gasteiger partial charge in [-0.3, -0.25) is 10.1 Å². The molecule has 0 aliphatic heterocycles. The number of nitriles is 1. The molecular weight excluding hydrogens is 525 g/mol. The van der Waals surface area contributed by atoms with Crippen molar-refractivity contribution in [3.63, 3.8) is 0 Å². The van der Waals surface area contributed by atoms with E-state index < -0.39 is 17.1 Å². The molecule has 0 unspecified atom stereocenters. The molecular formula is C25H23F3N4O5S. The third-order valence-corrected chi connectivity index (χ3v) is 5.64. The van der Waals surface area contributed by atoms with Crippen molar-refractivity contribution in [3.05, 3.63) is 64.2 Å². The van der Waals surface area contributed by atoms with E-state index in [1.165, 1.54) is 13.2 Å². The average Bonchev–Trinajstić information content (AvgIpc) is 3.37. The molecule has 3 aromatic rings. The van der Waals surface area contributed by atoms with Gasteiger partial charge in [-0.25, -0.2) is 0 Å². The van der Waals surface area contributed by atoms with Crippen LogP contribution in [0, 0.1) is 18.3 Å². The molecule has 0 radical (unpaired) electrons. The van der Waals surface area contributed by atoms with Crippen LogP contribution in [0.25, 0.3) is 6.08 Å². The second-order valence-corrected chi connectivity index (χ2v) is 8.54. The Morgan fingerprint density at radius 2 is 1.76 bits per heavy atom. The van der Waals surface area contributed by atoms with Crippen molar-refractivity contribution in [3.8, 4) is 23.3 Å². The van der Waals surface area contributed by atoms with Gasteiger partial charge in [-0.05, 0) is 42.8 Å². The molecule has 200 valence electrons. The van der Waals surface area contributed by atoms with Crippen LogP contribution >= 0.6 is 11.3 Å². The first-order valence-electron chi connectivity index (χ1n) is 11.1. The summed E-state index contributed by atoms with van der Waals surface area (Å²) in [4.78, 5) is 12.3. The van der Waals surface area contributed by atoms with E-state index in [9.17, 15) is 23.2 Å². The number of amides is 1. The molecule has 0 spiro atoms. The van der Waals surface area contributed by atoms with Crippen molar-refractivity contribution in [1.82, 2.24) is 10.2 Å². The van der Waals surface area contributed by atoms with Crippen molar-refractivity contribution in [2.24, 2.45) is 0 Å². The summed E-state index contributed by atoms with van der Waals surface area (Å²) in [5.41, 5.74) is 1.22. The molecule has 0 atom stereocenters. The maximum absolute atomic E-state index is 12.7. The number of alkyl halides is 3. The van der Waals surface area contributed by atoms with Crippen LogP contribution in [0.2, 0.25) is 0 Å². The molecule has 0 aliphatic rings. The molecule has 0 bridgehead atoms. The lowest BCUT2D eigenvalue weighted by Crippen LogP contribution is -2.13. The molecule has 9 nitrogen and oxygen atoms in total. The van der Waals surface area contributed by atoms with Crippen molar-refractivity contribution >= 4 is 28.5 Å². The zero-order valence-electron chi connectivity index (χ0n) is 20.4. The third kappa shape index (κ3) is 8.46. The minimum atomic E-state index is -4.68. The zero-order chi connectivity index (χ0) is 27.5. The molecule has 0 aliphatic carbocycles. The van der Waals surface area contributed by atoms with Crippen LogP contribution in [0.1, 0.15) is 16.1 Å². The highest BCUT2D eigenvalue weighted by atomic mass is 32.1. The minimum Gasteiger partial charge on any atom is -0.493 e. The van der Waals surface area contributed by atoms with Gasteiger partial charge in [0.1, 0.15) is 30.6 Å². The highest BCUT2D eigenvalue weighted by molar-refractivity contribution is 7.15. The Labute approximate surface area is 220 Å². The summed E-state index contributed by atoms with van der Waals surface area (Å²) < 4.78 is 60.1. The van der Waals surface area contributed by atoms with Crippen molar-refractivity contribution in [2.45, 2.75) is 13.1 Å². The van der Waals surface area contributed by atoms with Crippen LogP contribution in [-0.2, 0) is 15.7 Å². The SMILES string of the molecule is COc1cc(/C=C(/C#N)C(=O)Nc2nnc(C(F)(F)F)s2)ccc1OCCOCCOc1ccc(C)cc1. The van der Waals surface area contributed by atoms with Crippen LogP contribution in [0.4, 0.5) is 18.3 Å². The molecule has 1 amide bonds. The standard InChI is InChI=1S/C25H23F3N4O5S/c1-16-3-6-19(7-4-16)36-11-9-35-10-12-37-20-8-5-17(14-21(20)34-2)13-18(15-29)22(33)30-24-32-31-23(38-24)25(26,27)28/h3-8,13-14H,9-12H2,1-2H3,(H,30,32,33)/b18-13-. The topological polar surface area (TPSA) is 116 Å². The number of hydrogen-bond acceptors (Lipinski definition) is 9. The normalized spacial score (nSPS) is 11.5. The second kappa shape index (κ2) is 13.4. The van der Waals surface area contributed by atoms with E-state index in [4.69, 9.17) is 18.9 Å². The zero-order valence-corrected chi connectivity index (χ0v) is 21.2. The largest absolute Gasteiger partial charge is 0.493 e. The van der Waals surface area contributed by atoms with Gasteiger partial charge in [-0.1, -0.05) is 35.1 Å². The number of ether oxygens (including phenoxy) is 4. The predicted molar refractivity (Wildman–Crippen MR) is 133 cm³/mol. The summed E-state index contributed by atoms with van der Waals surface area (Å²) in [6.07, 6.45) is -3.43. The summed E-state index contributed by atoms with van der Waals surface area (Å²) in [7, 11) is 1.43. The maximum atomic E-state index is 12.7. The summed E-state index contributed by atoms with van der Waals surface area (Å²) in [5, 5.41) is 16.2. The number of hydrogen-bond donors (Lipinski definition) is 1. The van der Waals surface area contributed by atoms with Gasteiger partial charge in [-0.15, -0.1) is 10.2 Å². The number of nitrogens with one attached hydrogen (secondary N) is 1. The number of anilines is 1. The fourth-order valence-electron chi connectivity index (χ4n) is 2.93. The minimum absolute atomic E-state index is 0.154. The Balaban J connectivity index is 1.50. The average molecular weight is 549 g/mol. The number of aryl methyl sites for hydroxylation is 1. The van der Waals surface area contributed by atoms with Gasteiger partial charge in [0.05, 0.1) is 20.3 Å². The van der Waals surface area contributed by atoms with Gasteiger partial charge in [0.25, 0.3) is 5.91 Å². The van der Waals surface area contributed by atoms with Crippen LogP contribution in [0.3, 0.4) is 0 Å². The molecule has 1 heterocycles. The van der Waals surface area contributed by atoms with Gasteiger partial charge in [-0.2, -0.15) is 18.4 Å². The lowest BCUT2D eigenvalue weighted by molar-refractivity contribution is -0.138. The van der Waals surface area contributed by atoms with Gasteiger partial charge in [0.15, 0.2) is 11.5 Å². The van der Waals surface area contributed by atoms with Gasteiger partial charge < -0.3 is 18.9 Å².